The van der Waals surface area contributed by atoms with Crippen molar-refractivity contribution < 1.29 is 4.79 Å². The van der Waals surface area contributed by atoms with Crippen LogP contribution in [-0.2, 0) is 0 Å². The minimum Gasteiger partial charge on any atom is -0.399 e. The van der Waals surface area contributed by atoms with Crippen LogP contribution in [0.15, 0.2) is 42.5 Å². The minimum atomic E-state index is -0.526. The van der Waals surface area contributed by atoms with Crippen LogP contribution >= 0.6 is 0 Å². The Balaban J connectivity index is 2.48. The number of hydrogen-bond acceptors (Lipinski definition) is 3. The summed E-state index contributed by atoms with van der Waals surface area (Å²) in [4.78, 5) is 11.0. The van der Waals surface area contributed by atoms with Crippen molar-refractivity contribution in [2.75, 3.05) is 11.5 Å². The first kappa shape index (κ1) is 11.0. The van der Waals surface area contributed by atoms with Gasteiger partial charge in [-0.25, -0.2) is 0 Å². The average molecular weight is 227 g/mol. The summed E-state index contributed by atoms with van der Waals surface area (Å²) in [6.07, 6.45) is 0. The van der Waals surface area contributed by atoms with Crippen molar-refractivity contribution in [2.45, 2.75) is 0 Å². The third kappa shape index (κ3) is 2.20. The lowest BCUT2D eigenvalue weighted by Gasteiger charge is -2.06. The summed E-state index contributed by atoms with van der Waals surface area (Å²) in [5, 5.41) is 0. The molecule has 2 rings (SSSR count). The molecule has 2 aromatic rings. The van der Waals surface area contributed by atoms with Gasteiger partial charge in [-0.15, -0.1) is 0 Å². The Morgan fingerprint density at radius 1 is 0.941 bits per heavy atom. The summed E-state index contributed by atoms with van der Waals surface area (Å²) >= 11 is 0. The first-order valence-corrected chi connectivity index (χ1v) is 5.13. The third-order valence-corrected chi connectivity index (χ3v) is 2.54. The summed E-state index contributed by atoms with van der Waals surface area (Å²) in [5.41, 5.74) is 19.9. The highest BCUT2D eigenvalue weighted by molar-refractivity contribution is 5.98. The van der Waals surface area contributed by atoms with E-state index in [1.807, 2.05) is 24.3 Å². The van der Waals surface area contributed by atoms with Crippen molar-refractivity contribution >= 4 is 17.3 Å². The van der Waals surface area contributed by atoms with Crippen molar-refractivity contribution in [2.24, 2.45) is 5.73 Å². The van der Waals surface area contributed by atoms with Crippen molar-refractivity contribution in [1.29, 1.82) is 0 Å². The largest absolute Gasteiger partial charge is 0.399 e. The van der Waals surface area contributed by atoms with Crippen LogP contribution in [-0.4, -0.2) is 5.91 Å². The van der Waals surface area contributed by atoms with Crippen LogP contribution < -0.4 is 17.2 Å². The maximum absolute atomic E-state index is 11.0. The molecule has 2 aromatic carbocycles. The van der Waals surface area contributed by atoms with E-state index in [0.717, 1.165) is 11.1 Å². The standard InChI is InChI=1S/C13H13N3O/c14-10-3-1-2-8(6-10)9-4-5-11(13(16)17)12(15)7-9/h1-7H,14-15H2,(H2,16,17). The topological polar surface area (TPSA) is 95.1 Å². The number of amides is 1. The van der Waals surface area contributed by atoms with Gasteiger partial charge >= 0.3 is 0 Å². The molecular weight excluding hydrogens is 214 g/mol. The lowest BCUT2D eigenvalue weighted by molar-refractivity contribution is 0.100. The summed E-state index contributed by atoms with van der Waals surface area (Å²) < 4.78 is 0. The molecule has 0 aliphatic rings. The smallest absolute Gasteiger partial charge is 0.250 e. The molecule has 0 unspecified atom stereocenters. The molecular formula is C13H13N3O. The van der Waals surface area contributed by atoms with Gasteiger partial charge in [-0.2, -0.15) is 0 Å². The van der Waals surface area contributed by atoms with Gasteiger partial charge in [-0.3, -0.25) is 4.79 Å². The summed E-state index contributed by atoms with van der Waals surface area (Å²) in [7, 11) is 0. The highest BCUT2D eigenvalue weighted by Gasteiger charge is 2.07. The molecule has 0 heterocycles. The van der Waals surface area contributed by atoms with Crippen molar-refractivity contribution in [3.63, 3.8) is 0 Å². The van der Waals surface area contributed by atoms with Gasteiger partial charge in [0.25, 0.3) is 5.91 Å². The van der Waals surface area contributed by atoms with E-state index in [-0.39, 0.29) is 0 Å². The number of rotatable bonds is 2. The molecule has 0 aromatic heterocycles. The zero-order chi connectivity index (χ0) is 12.4. The second kappa shape index (κ2) is 4.17. The molecule has 0 atom stereocenters. The lowest BCUT2D eigenvalue weighted by atomic mass is 10.0. The molecule has 0 saturated heterocycles. The van der Waals surface area contributed by atoms with Gasteiger partial charge in [0, 0.05) is 11.4 Å². The Morgan fingerprint density at radius 3 is 2.24 bits per heavy atom. The van der Waals surface area contributed by atoms with Crippen molar-refractivity contribution in [3.05, 3.63) is 48.0 Å². The van der Waals surface area contributed by atoms with E-state index < -0.39 is 5.91 Å². The summed E-state index contributed by atoms with van der Waals surface area (Å²) in [6, 6.07) is 12.6. The molecule has 0 aliphatic carbocycles. The van der Waals surface area contributed by atoms with Crippen LogP contribution in [0.4, 0.5) is 11.4 Å². The van der Waals surface area contributed by atoms with E-state index in [9.17, 15) is 4.79 Å². The molecule has 1 amide bonds. The van der Waals surface area contributed by atoms with E-state index in [1.165, 1.54) is 0 Å². The number of anilines is 2. The van der Waals surface area contributed by atoms with Gasteiger partial charge in [0.2, 0.25) is 0 Å². The fourth-order valence-corrected chi connectivity index (χ4v) is 1.68. The molecule has 0 spiro atoms. The molecule has 0 saturated carbocycles. The van der Waals surface area contributed by atoms with Crippen LogP contribution in [0.1, 0.15) is 10.4 Å². The second-order valence-corrected chi connectivity index (χ2v) is 3.79. The van der Waals surface area contributed by atoms with Crippen molar-refractivity contribution in [3.8, 4) is 11.1 Å². The molecule has 0 aliphatic heterocycles. The van der Waals surface area contributed by atoms with Crippen LogP contribution in [0.25, 0.3) is 11.1 Å². The van der Waals surface area contributed by atoms with E-state index in [2.05, 4.69) is 0 Å². The summed E-state index contributed by atoms with van der Waals surface area (Å²) in [5.74, 6) is -0.526. The number of nitrogen functional groups attached to an aromatic ring is 2. The quantitative estimate of drug-likeness (QED) is 0.680. The van der Waals surface area contributed by atoms with Gasteiger partial charge < -0.3 is 17.2 Å². The Bertz CT molecular complexity index is 579. The molecule has 0 fully saturated rings. The predicted octanol–water partition coefficient (Wildman–Crippen LogP) is 1.62. The van der Waals surface area contributed by atoms with Gasteiger partial charge in [0.05, 0.1) is 5.56 Å². The van der Waals surface area contributed by atoms with Gasteiger partial charge in [0.15, 0.2) is 0 Å². The first-order chi connectivity index (χ1) is 8.08. The van der Waals surface area contributed by atoms with E-state index in [4.69, 9.17) is 17.2 Å². The number of carbonyl (C=O) groups excluding carboxylic acids is 1. The monoisotopic (exact) mass is 227 g/mol. The van der Waals surface area contributed by atoms with Gasteiger partial charge in [-0.1, -0.05) is 18.2 Å². The molecule has 4 nitrogen and oxygen atoms in total. The van der Waals surface area contributed by atoms with Gasteiger partial charge in [0.1, 0.15) is 0 Å². The Hall–Kier alpha value is -2.49. The zero-order valence-electron chi connectivity index (χ0n) is 9.18. The number of primary amides is 1. The molecule has 17 heavy (non-hydrogen) atoms. The molecule has 6 N–H and O–H groups in total. The summed E-state index contributed by atoms with van der Waals surface area (Å²) in [6.45, 7) is 0. The highest BCUT2D eigenvalue weighted by Crippen LogP contribution is 2.25. The average Bonchev–Trinajstić information content (AvgIpc) is 2.28. The molecule has 0 radical (unpaired) electrons. The minimum absolute atomic E-state index is 0.331. The molecule has 0 bridgehead atoms. The van der Waals surface area contributed by atoms with Crippen LogP contribution in [0.5, 0.6) is 0 Å². The van der Waals surface area contributed by atoms with E-state index >= 15 is 0 Å². The van der Waals surface area contributed by atoms with Crippen LogP contribution in [0.3, 0.4) is 0 Å². The van der Waals surface area contributed by atoms with Gasteiger partial charge in [-0.05, 0) is 35.4 Å². The third-order valence-electron chi connectivity index (χ3n) is 2.54. The zero-order valence-corrected chi connectivity index (χ0v) is 9.18. The molecule has 4 heteroatoms. The van der Waals surface area contributed by atoms with Crippen LogP contribution in [0.2, 0.25) is 0 Å². The fraction of sp³-hybridized carbons (Fsp3) is 0. The Kier molecular flexibility index (Phi) is 2.70. The number of benzene rings is 2. The van der Waals surface area contributed by atoms with Crippen LogP contribution in [0, 0.1) is 0 Å². The SMILES string of the molecule is NC(=O)c1ccc(-c2cccc(N)c2)cc1N. The van der Waals surface area contributed by atoms with E-state index in [1.54, 1.807) is 18.2 Å². The predicted molar refractivity (Wildman–Crippen MR) is 69.2 cm³/mol. The Labute approximate surface area is 99.0 Å². The Morgan fingerprint density at radius 2 is 1.65 bits per heavy atom. The number of nitrogens with two attached hydrogens (primary N) is 3. The number of hydrogen-bond donors (Lipinski definition) is 3. The first-order valence-electron chi connectivity index (χ1n) is 5.13. The number of carbonyl (C=O) groups is 1. The van der Waals surface area contributed by atoms with Crippen molar-refractivity contribution in [1.82, 2.24) is 0 Å². The fourth-order valence-electron chi connectivity index (χ4n) is 1.68. The molecule has 86 valence electrons. The normalized spacial score (nSPS) is 10.1. The lowest BCUT2D eigenvalue weighted by Crippen LogP contribution is -2.13. The maximum Gasteiger partial charge on any atom is 0.250 e. The second-order valence-electron chi connectivity index (χ2n) is 3.79. The highest BCUT2D eigenvalue weighted by atomic mass is 16.1. The van der Waals surface area contributed by atoms with E-state index in [0.29, 0.717) is 16.9 Å². The maximum atomic E-state index is 11.0.